The highest BCUT2D eigenvalue weighted by atomic mass is 19.1. The maximum atomic E-state index is 12.7. The van der Waals surface area contributed by atoms with Crippen LogP contribution in [-0.2, 0) is 0 Å². The quantitative estimate of drug-likeness (QED) is 0.698. The van der Waals surface area contributed by atoms with Crippen LogP contribution in [0.1, 0.15) is 12.8 Å². The lowest BCUT2D eigenvalue weighted by Gasteiger charge is -2.16. The fourth-order valence-corrected chi connectivity index (χ4v) is 1.96. The summed E-state index contributed by atoms with van der Waals surface area (Å²) in [6.07, 6.45) is 4.89. The van der Waals surface area contributed by atoms with E-state index in [9.17, 15) is 14.3 Å². The van der Waals surface area contributed by atoms with E-state index in [-0.39, 0.29) is 31.0 Å². The number of aliphatic hydroxyl groups is 1. The van der Waals surface area contributed by atoms with E-state index >= 15 is 0 Å². The lowest BCUT2D eigenvalue weighted by molar-refractivity contribution is 0.107. The smallest absolute Gasteiger partial charge is 0.315 e. The van der Waals surface area contributed by atoms with Crippen molar-refractivity contribution in [2.24, 2.45) is 0 Å². The summed E-state index contributed by atoms with van der Waals surface area (Å²) in [4.78, 5) is 11.6. The van der Waals surface area contributed by atoms with E-state index in [4.69, 9.17) is 4.74 Å². The van der Waals surface area contributed by atoms with E-state index < -0.39 is 6.10 Å². The third kappa shape index (κ3) is 5.43. The van der Waals surface area contributed by atoms with Crippen LogP contribution >= 0.6 is 0 Å². The van der Waals surface area contributed by atoms with Gasteiger partial charge in [0.2, 0.25) is 0 Å². The second-order valence-electron chi connectivity index (χ2n) is 4.91. The average molecular weight is 294 g/mol. The fourth-order valence-electron chi connectivity index (χ4n) is 1.96. The summed E-state index contributed by atoms with van der Waals surface area (Å²) in [5, 5.41) is 15.1. The third-order valence-corrected chi connectivity index (χ3v) is 3.10. The van der Waals surface area contributed by atoms with Crippen molar-refractivity contribution in [2.75, 3.05) is 13.2 Å². The minimum Gasteiger partial charge on any atom is -0.491 e. The number of rotatable bonds is 6. The third-order valence-electron chi connectivity index (χ3n) is 3.10. The molecule has 1 atom stereocenters. The Bertz CT molecular complexity index is 482. The number of halogens is 1. The van der Waals surface area contributed by atoms with Crippen molar-refractivity contribution in [3.8, 4) is 5.75 Å². The van der Waals surface area contributed by atoms with Gasteiger partial charge in [0.25, 0.3) is 0 Å². The zero-order valence-electron chi connectivity index (χ0n) is 11.6. The summed E-state index contributed by atoms with van der Waals surface area (Å²) < 4.78 is 18.0. The summed E-state index contributed by atoms with van der Waals surface area (Å²) in [6, 6.07) is 5.36. The van der Waals surface area contributed by atoms with Crippen LogP contribution in [0.5, 0.6) is 5.75 Å². The molecule has 0 aliphatic heterocycles. The highest BCUT2D eigenvalue weighted by molar-refractivity contribution is 5.74. The molecule has 2 rings (SSSR count). The van der Waals surface area contributed by atoms with Crippen molar-refractivity contribution >= 4 is 6.03 Å². The SMILES string of the molecule is O=C(NCC(O)COc1ccc(F)cc1)NC1CC=CC1. The van der Waals surface area contributed by atoms with E-state index in [1.54, 1.807) is 0 Å². The lowest BCUT2D eigenvalue weighted by atomic mass is 10.2. The number of hydrogen-bond acceptors (Lipinski definition) is 3. The number of ether oxygens (including phenoxy) is 1. The van der Waals surface area contributed by atoms with Crippen LogP contribution in [0.25, 0.3) is 0 Å². The zero-order chi connectivity index (χ0) is 15.1. The lowest BCUT2D eigenvalue weighted by Crippen LogP contribution is -2.44. The molecule has 0 spiro atoms. The van der Waals surface area contributed by atoms with Crippen LogP contribution in [0.2, 0.25) is 0 Å². The van der Waals surface area contributed by atoms with Crippen LogP contribution in [-0.4, -0.2) is 36.4 Å². The molecule has 0 bridgehead atoms. The number of benzene rings is 1. The molecule has 1 aliphatic carbocycles. The van der Waals surface area contributed by atoms with Gasteiger partial charge in [-0.3, -0.25) is 0 Å². The Morgan fingerprint density at radius 1 is 1.33 bits per heavy atom. The molecular formula is C15H19FN2O3. The predicted octanol–water partition coefficient (Wildman–Crippen LogP) is 1.58. The first-order valence-corrected chi connectivity index (χ1v) is 6.89. The molecule has 0 heterocycles. The molecule has 2 amide bonds. The van der Waals surface area contributed by atoms with Gasteiger partial charge in [-0.15, -0.1) is 0 Å². The van der Waals surface area contributed by atoms with Crippen molar-refractivity contribution in [3.63, 3.8) is 0 Å². The number of nitrogens with one attached hydrogen (secondary N) is 2. The van der Waals surface area contributed by atoms with Gasteiger partial charge in [-0.2, -0.15) is 0 Å². The van der Waals surface area contributed by atoms with Crippen molar-refractivity contribution in [3.05, 3.63) is 42.2 Å². The normalized spacial score (nSPS) is 15.7. The molecule has 6 heteroatoms. The van der Waals surface area contributed by atoms with E-state index in [2.05, 4.69) is 10.6 Å². The number of carbonyl (C=O) groups is 1. The van der Waals surface area contributed by atoms with Gasteiger partial charge in [0.05, 0.1) is 0 Å². The van der Waals surface area contributed by atoms with Gasteiger partial charge < -0.3 is 20.5 Å². The van der Waals surface area contributed by atoms with Crippen molar-refractivity contribution < 1.29 is 19.0 Å². The molecule has 0 fully saturated rings. The molecule has 0 saturated carbocycles. The maximum absolute atomic E-state index is 12.7. The second kappa shape index (κ2) is 7.64. The van der Waals surface area contributed by atoms with Gasteiger partial charge in [0, 0.05) is 12.6 Å². The van der Waals surface area contributed by atoms with Crippen LogP contribution in [0.3, 0.4) is 0 Å². The van der Waals surface area contributed by atoms with Crippen LogP contribution in [0.15, 0.2) is 36.4 Å². The highest BCUT2D eigenvalue weighted by Crippen LogP contribution is 2.11. The molecule has 3 N–H and O–H groups in total. The molecule has 0 saturated heterocycles. The van der Waals surface area contributed by atoms with Crippen LogP contribution in [0.4, 0.5) is 9.18 Å². The predicted molar refractivity (Wildman–Crippen MR) is 76.6 cm³/mol. The van der Waals surface area contributed by atoms with E-state index in [1.807, 2.05) is 12.2 Å². The second-order valence-corrected chi connectivity index (χ2v) is 4.91. The highest BCUT2D eigenvalue weighted by Gasteiger charge is 2.14. The number of urea groups is 1. The van der Waals surface area contributed by atoms with Gasteiger partial charge in [-0.1, -0.05) is 12.2 Å². The number of hydrogen-bond donors (Lipinski definition) is 3. The minimum absolute atomic E-state index is 0.0247. The first-order chi connectivity index (χ1) is 10.1. The molecule has 0 aromatic heterocycles. The number of amides is 2. The van der Waals surface area contributed by atoms with Gasteiger partial charge in [0.15, 0.2) is 0 Å². The molecule has 1 aromatic rings. The van der Waals surface area contributed by atoms with Crippen molar-refractivity contribution in [1.82, 2.24) is 10.6 Å². The number of aliphatic hydroxyl groups excluding tert-OH is 1. The monoisotopic (exact) mass is 294 g/mol. The minimum atomic E-state index is -0.831. The van der Waals surface area contributed by atoms with E-state index in [1.165, 1.54) is 24.3 Å². The van der Waals surface area contributed by atoms with E-state index in [0.717, 1.165) is 12.8 Å². The van der Waals surface area contributed by atoms with Gasteiger partial charge in [-0.05, 0) is 37.1 Å². The standard InChI is InChI=1S/C15H19FN2O3/c16-11-5-7-14(8-6-11)21-10-13(19)9-17-15(20)18-12-3-1-2-4-12/h1-2,5-8,12-13,19H,3-4,9-10H2,(H2,17,18,20). The van der Waals surface area contributed by atoms with Crippen molar-refractivity contribution in [1.29, 1.82) is 0 Å². The Morgan fingerprint density at radius 2 is 2.00 bits per heavy atom. The Balaban J connectivity index is 1.61. The molecule has 1 aliphatic rings. The maximum Gasteiger partial charge on any atom is 0.315 e. The average Bonchev–Trinajstić information content (AvgIpc) is 2.97. The molecule has 1 aromatic carbocycles. The summed E-state index contributed by atoms with van der Waals surface area (Å²) in [7, 11) is 0. The Labute approximate surface area is 122 Å². The molecule has 5 nitrogen and oxygen atoms in total. The Hall–Kier alpha value is -2.08. The zero-order valence-corrected chi connectivity index (χ0v) is 11.6. The van der Waals surface area contributed by atoms with E-state index in [0.29, 0.717) is 5.75 Å². The molecule has 1 unspecified atom stereocenters. The largest absolute Gasteiger partial charge is 0.491 e. The summed E-state index contributed by atoms with van der Waals surface area (Å²) in [5.41, 5.74) is 0. The van der Waals surface area contributed by atoms with Gasteiger partial charge in [-0.25, -0.2) is 9.18 Å². The summed E-state index contributed by atoms with van der Waals surface area (Å²) >= 11 is 0. The van der Waals surface area contributed by atoms with Crippen molar-refractivity contribution in [2.45, 2.75) is 25.0 Å². The first kappa shape index (κ1) is 15.3. The molecule has 21 heavy (non-hydrogen) atoms. The van der Waals surface area contributed by atoms with Gasteiger partial charge in [0.1, 0.15) is 24.3 Å². The Morgan fingerprint density at radius 3 is 2.67 bits per heavy atom. The van der Waals surface area contributed by atoms with Crippen LogP contribution < -0.4 is 15.4 Å². The first-order valence-electron chi connectivity index (χ1n) is 6.89. The number of carbonyl (C=O) groups excluding carboxylic acids is 1. The fraction of sp³-hybridized carbons (Fsp3) is 0.400. The molecule has 114 valence electrons. The molecule has 0 radical (unpaired) electrons. The summed E-state index contributed by atoms with van der Waals surface area (Å²) in [6.45, 7) is 0.115. The topological polar surface area (TPSA) is 70.6 Å². The van der Waals surface area contributed by atoms with Crippen LogP contribution in [0, 0.1) is 5.82 Å². The Kier molecular flexibility index (Phi) is 5.57. The summed E-state index contributed by atoms with van der Waals surface area (Å²) in [5.74, 6) is 0.125. The van der Waals surface area contributed by atoms with Gasteiger partial charge >= 0.3 is 6.03 Å². The molecular weight excluding hydrogens is 275 g/mol.